The zero-order valence-corrected chi connectivity index (χ0v) is 19.2. The van der Waals surface area contributed by atoms with Crippen LogP contribution < -0.4 is 5.56 Å². The fraction of sp³-hybridized carbons (Fsp3) is 0.550. The summed E-state index contributed by atoms with van der Waals surface area (Å²) in [5, 5.41) is -0.00182. The van der Waals surface area contributed by atoms with Crippen molar-refractivity contribution < 1.29 is 22.7 Å². The van der Waals surface area contributed by atoms with Crippen LogP contribution in [0.5, 0.6) is 0 Å². The predicted molar refractivity (Wildman–Crippen MR) is 113 cm³/mol. The molecule has 0 spiro atoms. The lowest BCUT2D eigenvalue weighted by Crippen LogP contribution is -2.37. The summed E-state index contributed by atoms with van der Waals surface area (Å²) < 4.78 is 30.7. The number of hydrogen-bond acceptors (Lipinski definition) is 8. The summed E-state index contributed by atoms with van der Waals surface area (Å²) in [7, 11) is -3.72. The molecule has 11 heteroatoms. The number of ketones is 1. The first-order valence-corrected chi connectivity index (χ1v) is 11.7. The third-order valence-corrected chi connectivity index (χ3v) is 5.91. The topological polar surface area (TPSA) is 129 Å². The zero-order valence-electron chi connectivity index (χ0n) is 18.4. The molecule has 0 N–H and O–H groups in total. The molecule has 1 atom stereocenters. The number of amides is 1. The first-order valence-electron chi connectivity index (χ1n) is 9.81. The second kappa shape index (κ2) is 7.70. The van der Waals surface area contributed by atoms with Crippen LogP contribution in [0.2, 0.25) is 0 Å². The Balaban J connectivity index is 2.18. The quantitative estimate of drug-likeness (QED) is 0.512. The van der Waals surface area contributed by atoms with Crippen molar-refractivity contribution in [3.05, 3.63) is 27.7 Å². The molecular formula is C20H26N4O6S. The average molecular weight is 451 g/mol. The van der Waals surface area contributed by atoms with Gasteiger partial charge in [-0.3, -0.25) is 14.2 Å². The minimum absolute atomic E-state index is 0.000997. The largest absolute Gasteiger partial charge is 0.444 e. The molecule has 0 unspecified atom stereocenters. The van der Waals surface area contributed by atoms with Crippen molar-refractivity contribution in [2.24, 2.45) is 0 Å². The summed E-state index contributed by atoms with van der Waals surface area (Å²) in [4.78, 5) is 47.5. The van der Waals surface area contributed by atoms with Gasteiger partial charge >= 0.3 is 6.09 Å². The molecule has 31 heavy (non-hydrogen) atoms. The number of fused-ring (bicyclic) bond motifs is 1. The van der Waals surface area contributed by atoms with Crippen LogP contribution in [0.15, 0.2) is 16.1 Å². The van der Waals surface area contributed by atoms with Gasteiger partial charge in [0.05, 0.1) is 11.6 Å². The number of nitrogens with zero attached hydrogens (tertiary/aromatic N) is 4. The van der Waals surface area contributed by atoms with Gasteiger partial charge in [0.25, 0.3) is 5.56 Å². The fourth-order valence-corrected chi connectivity index (χ4v) is 4.19. The van der Waals surface area contributed by atoms with Crippen LogP contribution in [-0.2, 0) is 14.6 Å². The Bertz CT molecular complexity index is 1240. The summed E-state index contributed by atoms with van der Waals surface area (Å²) in [5.41, 5.74) is -0.711. The van der Waals surface area contributed by atoms with Gasteiger partial charge in [-0.2, -0.15) is 4.98 Å². The molecule has 3 heterocycles. The van der Waals surface area contributed by atoms with Crippen molar-refractivity contribution in [2.45, 2.75) is 57.8 Å². The van der Waals surface area contributed by atoms with Crippen LogP contribution in [0.4, 0.5) is 4.79 Å². The van der Waals surface area contributed by atoms with E-state index in [4.69, 9.17) is 4.74 Å². The van der Waals surface area contributed by atoms with E-state index in [-0.39, 0.29) is 17.8 Å². The number of carbonyl (C=O) groups excluding carboxylic acids is 2. The molecule has 3 rings (SSSR count). The summed E-state index contributed by atoms with van der Waals surface area (Å²) in [6.45, 7) is 8.71. The van der Waals surface area contributed by atoms with Gasteiger partial charge in [-0.25, -0.2) is 18.2 Å². The Morgan fingerprint density at radius 1 is 1.26 bits per heavy atom. The van der Waals surface area contributed by atoms with Crippen molar-refractivity contribution in [2.75, 3.05) is 19.3 Å². The highest BCUT2D eigenvalue weighted by atomic mass is 32.2. The molecule has 1 aliphatic heterocycles. The molecule has 0 aromatic carbocycles. The maximum atomic E-state index is 13.3. The molecule has 0 saturated carbocycles. The molecule has 0 radical (unpaired) electrons. The van der Waals surface area contributed by atoms with Crippen LogP contribution >= 0.6 is 0 Å². The van der Waals surface area contributed by atoms with Gasteiger partial charge in [-0.15, -0.1) is 0 Å². The van der Waals surface area contributed by atoms with Gasteiger partial charge in [-0.05, 0) is 46.6 Å². The van der Waals surface area contributed by atoms with E-state index in [1.807, 2.05) is 0 Å². The number of likely N-dealkylation sites (tertiary alicyclic amines) is 1. The van der Waals surface area contributed by atoms with E-state index in [2.05, 4.69) is 9.97 Å². The Morgan fingerprint density at radius 3 is 2.45 bits per heavy atom. The minimum atomic E-state index is -3.72. The predicted octanol–water partition coefficient (Wildman–Crippen LogP) is 1.89. The number of sulfone groups is 1. The molecule has 1 aliphatic rings. The fourth-order valence-electron chi connectivity index (χ4n) is 3.69. The van der Waals surface area contributed by atoms with Gasteiger partial charge in [0.1, 0.15) is 11.2 Å². The lowest BCUT2D eigenvalue weighted by Gasteiger charge is -2.25. The third kappa shape index (κ3) is 4.46. The third-order valence-electron chi connectivity index (χ3n) is 5.05. The number of hydrogen-bond donors (Lipinski definition) is 0. The lowest BCUT2D eigenvalue weighted by atomic mass is 10.0. The molecule has 2 aromatic rings. The normalized spacial score (nSPS) is 17.2. The van der Waals surface area contributed by atoms with Gasteiger partial charge < -0.3 is 9.64 Å². The summed E-state index contributed by atoms with van der Waals surface area (Å²) in [6.07, 6.45) is 2.22. The second-order valence-corrected chi connectivity index (χ2v) is 10.7. The highest BCUT2D eigenvalue weighted by Gasteiger charge is 2.33. The van der Waals surface area contributed by atoms with Crippen LogP contribution in [0.25, 0.3) is 11.0 Å². The Hall–Kier alpha value is -2.82. The van der Waals surface area contributed by atoms with Crippen molar-refractivity contribution in [1.29, 1.82) is 0 Å². The lowest BCUT2D eigenvalue weighted by molar-refractivity contribution is 0.0289. The first-order chi connectivity index (χ1) is 14.2. The summed E-state index contributed by atoms with van der Waals surface area (Å²) in [5.74, 6) is -0.410. The highest BCUT2D eigenvalue weighted by Crippen LogP contribution is 2.27. The number of aromatic nitrogens is 3. The molecule has 1 saturated heterocycles. The van der Waals surface area contributed by atoms with E-state index in [1.165, 1.54) is 22.6 Å². The maximum Gasteiger partial charge on any atom is 0.410 e. The van der Waals surface area contributed by atoms with Crippen LogP contribution in [0, 0.1) is 6.92 Å². The van der Waals surface area contributed by atoms with E-state index in [0.29, 0.717) is 23.9 Å². The maximum absolute atomic E-state index is 13.3. The number of carbonyl (C=O) groups is 2. The molecular weight excluding hydrogens is 424 g/mol. The van der Waals surface area contributed by atoms with E-state index < -0.39 is 44.1 Å². The molecule has 2 aromatic heterocycles. The number of Topliss-reactive ketones (excluding diaryl/α,β-unsaturated/α-hetero) is 1. The highest BCUT2D eigenvalue weighted by molar-refractivity contribution is 7.90. The summed E-state index contributed by atoms with van der Waals surface area (Å²) >= 11 is 0. The number of pyridine rings is 1. The van der Waals surface area contributed by atoms with Crippen molar-refractivity contribution in [1.82, 2.24) is 19.4 Å². The molecule has 10 nitrogen and oxygen atoms in total. The summed E-state index contributed by atoms with van der Waals surface area (Å²) in [6, 6.07) is -0.497. The second-order valence-electron chi connectivity index (χ2n) is 8.76. The molecule has 168 valence electrons. The van der Waals surface area contributed by atoms with Crippen LogP contribution in [0.3, 0.4) is 0 Å². The Labute approximate surface area is 180 Å². The number of rotatable bonds is 3. The Morgan fingerprint density at radius 2 is 1.90 bits per heavy atom. The van der Waals surface area contributed by atoms with E-state index in [1.54, 1.807) is 27.7 Å². The SMILES string of the molecule is CC(=O)c1c(C)c2cnc(S(C)(=O)=O)nc2n([C@H]2CCN(C(=O)OC(C)(C)C)C2)c1=O. The molecule has 0 bridgehead atoms. The smallest absolute Gasteiger partial charge is 0.410 e. The first kappa shape index (κ1) is 22.9. The van der Waals surface area contributed by atoms with Gasteiger partial charge in [0.2, 0.25) is 15.0 Å². The zero-order chi connectivity index (χ0) is 23.3. The van der Waals surface area contributed by atoms with Gasteiger partial charge in [-0.1, -0.05) is 0 Å². The van der Waals surface area contributed by atoms with E-state index in [9.17, 15) is 22.8 Å². The average Bonchev–Trinajstić information content (AvgIpc) is 3.08. The van der Waals surface area contributed by atoms with Crippen molar-refractivity contribution in [3.8, 4) is 0 Å². The van der Waals surface area contributed by atoms with Crippen molar-refractivity contribution >= 4 is 32.7 Å². The van der Waals surface area contributed by atoms with Crippen LogP contribution in [-0.4, -0.2) is 64.7 Å². The van der Waals surface area contributed by atoms with Gasteiger partial charge in [0, 0.05) is 30.9 Å². The Kier molecular flexibility index (Phi) is 5.68. The van der Waals surface area contributed by atoms with E-state index >= 15 is 0 Å². The standard InChI is InChI=1S/C20H26N4O6S/c1-11-14-9-21-18(31(6,28)29)22-16(14)24(17(26)15(11)12(2)25)13-7-8-23(10-13)19(27)30-20(3,4)5/h9,13H,7-8,10H2,1-6H3/t13-/m0/s1. The van der Waals surface area contributed by atoms with Gasteiger partial charge in [0.15, 0.2) is 5.78 Å². The minimum Gasteiger partial charge on any atom is -0.444 e. The van der Waals surface area contributed by atoms with Crippen LogP contribution in [0.1, 0.15) is 56.1 Å². The number of aryl methyl sites for hydroxylation is 1. The molecule has 1 fully saturated rings. The van der Waals surface area contributed by atoms with E-state index in [0.717, 1.165) is 6.26 Å². The molecule has 0 aliphatic carbocycles. The number of ether oxygens (including phenoxy) is 1. The monoisotopic (exact) mass is 450 g/mol. The molecule has 1 amide bonds. The van der Waals surface area contributed by atoms with Crippen molar-refractivity contribution in [3.63, 3.8) is 0 Å².